The number of para-hydroxylation sites is 1. The molecule has 0 amide bonds. The summed E-state index contributed by atoms with van der Waals surface area (Å²) in [7, 11) is 1.98. The Morgan fingerprint density at radius 2 is 1.76 bits per heavy atom. The summed E-state index contributed by atoms with van der Waals surface area (Å²) < 4.78 is 7.29. The van der Waals surface area contributed by atoms with Crippen molar-refractivity contribution in [2.75, 3.05) is 7.05 Å². The maximum Gasteiger partial charge on any atom is 0.132 e. The molecule has 0 aliphatic heterocycles. The highest BCUT2D eigenvalue weighted by Crippen LogP contribution is 2.33. The molecule has 3 heteroatoms. The molecule has 0 saturated heterocycles. The van der Waals surface area contributed by atoms with E-state index in [0.29, 0.717) is 6.04 Å². The minimum atomic E-state index is 0.304. The predicted octanol–water partition coefficient (Wildman–Crippen LogP) is 5.53. The van der Waals surface area contributed by atoms with Gasteiger partial charge in [0, 0.05) is 16.1 Å². The lowest BCUT2D eigenvalue weighted by Crippen LogP contribution is -2.15. The van der Waals surface area contributed by atoms with Crippen molar-refractivity contribution in [1.29, 1.82) is 0 Å². The molecular formula is C18H22BrNO. The van der Waals surface area contributed by atoms with Gasteiger partial charge in [-0.15, -0.1) is 0 Å². The van der Waals surface area contributed by atoms with Gasteiger partial charge in [0.2, 0.25) is 0 Å². The van der Waals surface area contributed by atoms with Crippen molar-refractivity contribution < 1.29 is 4.74 Å². The summed E-state index contributed by atoms with van der Waals surface area (Å²) in [6, 6.07) is 12.7. The molecule has 0 bridgehead atoms. The van der Waals surface area contributed by atoms with E-state index in [1.165, 1.54) is 16.7 Å². The van der Waals surface area contributed by atoms with Crippen LogP contribution in [0.15, 0.2) is 40.9 Å². The van der Waals surface area contributed by atoms with Gasteiger partial charge in [-0.1, -0.05) is 41.1 Å². The first-order chi connectivity index (χ1) is 10.1. The van der Waals surface area contributed by atoms with Crippen LogP contribution < -0.4 is 10.1 Å². The first-order valence-corrected chi connectivity index (χ1v) is 8.06. The van der Waals surface area contributed by atoms with Gasteiger partial charge in [0.15, 0.2) is 0 Å². The highest BCUT2D eigenvalue weighted by molar-refractivity contribution is 9.10. The fourth-order valence-corrected chi connectivity index (χ4v) is 2.76. The van der Waals surface area contributed by atoms with Crippen LogP contribution in [0, 0.1) is 13.8 Å². The number of ether oxygens (including phenoxy) is 1. The van der Waals surface area contributed by atoms with Crippen LogP contribution in [-0.2, 0) is 0 Å². The molecule has 2 nitrogen and oxygen atoms in total. The lowest BCUT2D eigenvalue weighted by Gasteiger charge is -2.19. The Labute approximate surface area is 135 Å². The average molecular weight is 348 g/mol. The minimum absolute atomic E-state index is 0.304. The lowest BCUT2D eigenvalue weighted by atomic mass is 10.0. The first-order valence-electron chi connectivity index (χ1n) is 7.27. The third-order valence-electron chi connectivity index (χ3n) is 3.69. The van der Waals surface area contributed by atoms with E-state index in [2.05, 4.69) is 66.3 Å². The summed E-state index contributed by atoms with van der Waals surface area (Å²) in [5.74, 6) is 1.80. The molecule has 2 aromatic rings. The average Bonchev–Trinajstić information content (AvgIpc) is 2.47. The fourth-order valence-electron chi connectivity index (χ4n) is 2.53. The molecule has 1 N–H and O–H groups in total. The van der Waals surface area contributed by atoms with Gasteiger partial charge >= 0.3 is 0 Å². The SMILES string of the molecule is CCC(NC)c1ccccc1Oc1cc(C)c(Br)c(C)c1. The van der Waals surface area contributed by atoms with E-state index in [9.17, 15) is 0 Å². The molecule has 1 unspecified atom stereocenters. The van der Waals surface area contributed by atoms with Crippen molar-refractivity contribution in [3.63, 3.8) is 0 Å². The predicted molar refractivity (Wildman–Crippen MR) is 92.2 cm³/mol. The number of aryl methyl sites for hydroxylation is 2. The van der Waals surface area contributed by atoms with Gasteiger partial charge in [-0.25, -0.2) is 0 Å². The zero-order valence-electron chi connectivity index (χ0n) is 13.0. The molecular weight excluding hydrogens is 326 g/mol. The zero-order valence-corrected chi connectivity index (χ0v) is 14.6. The molecule has 0 saturated carbocycles. The molecule has 2 rings (SSSR count). The number of nitrogens with one attached hydrogen (secondary N) is 1. The number of benzene rings is 2. The summed E-state index contributed by atoms with van der Waals surface area (Å²) in [5.41, 5.74) is 3.56. The van der Waals surface area contributed by atoms with Crippen molar-refractivity contribution in [1.82, 2.24) is 5.32 Å². The van der Waals surface area contributed by atoms with Gasteiger partial charge in [0.25, 0.3) is 0 Å². The zero-order chi connectivity index (χ0) is 15.4. The van der Waals surface area contributed by atoms with Crippen LogP contribution in [0.1, 0.15) is 36.1 Å². The van der Waals surface area contributed by atoms with Crippen molar-refractivity contribution in [3.05, 3.63) is 57.6 Å². The van der Waals surface area contributed by atoms with Crippen LogP contribution in [-0.4, -0.2) is 7.05 Å². The minimum Gasteiger partial charge on any atom is -0.457 e. The Bertz CT molecular complexity index is 597. The smallest absolute Gasteiger partial charge is 0.132 e. The Morgan fingerprint density at radius 3 is 2.33 bits per heavy atom. The largest absolute Gasteiger partial charge is 0.457 e. The summed E-state index contributed by atoms with van der Waals surface area (Å²) in [6.45, 7) is 6.34. The Balaban J connectivity index is 2.36. The van der Waals surface area contributed by atoms with Gasteiger partial charge in [-0.3, -0.25) is 0 Å². The molecule has 0 radical (unpaired) electrons. The molecule has 21 heavy (non-hydrogen) atoms. The lowest BCUT2D eigenvalue weighted by molar-refractivity contribution is 0.458. The topological polar surface area (TPSA) is 21.3 Å². The van der Waals surface area contributed by atoms with E-state index < -0.39 is 0 Å². The van der Waals surface area contributed by atoms with Gasteiger partial charge in [-0.05, 0) is 56.6 Å². The molecule has 0 heterocycles. The van der Waals surface area contributed by atoms with Crippen LogP contribution in [0.25, 0.3) is 0 Å². The van der Waals surface area contributed by atoms with E-state index in [4.69, 9.17) is 4.74 Å². The maximum atomic E-state index is 6.15. The van der Waals surface area contributed by atoms with E-state index in [1.807, 2.05) is 19.2 Å². The van der Waals surface area contributed by atoms with Crippen LogP contribution >= 0.6 is 15.9 Å². The van der Waals surface area contributed by atoms with E-state index in [1.54, 1.807) is 0 Å². The normalized spacial score (nSPS) is 12.2. The van der Waals surface area contributed by atoms with Crippen LogP contribution in [0.5, 0.6) is 11.5 Å². The Morgan fingerprint density at radius 1 is 1.14 bits per heavy atom. The van der Waals surface area contributed by atoms with Gasteiger partial charge < -0.3 is 10.1 Å². The van der Waals surface area contributed by atoms with Crippen LogP contribution in [0.2, 0.25) is 0 Å². The van der Waals surface area contributed by atoms with Gasteiger partial charge in [0.1, 0.15) is 11.5 Å². The summed E-state index contributed by atoms with van der Waals surface area (Å²) in [4.78, 5) is 0. The van der Waals surface area contributed by atoms with E-state index >= 15 is 0 Å². The maximum absolute atomic E-state index is 6.15. The standard InChI is InChI=1S/C18H22BrNO/c1-5-16(20-4)15-8-6-7-9-17(15)21-14-10-12(2)18(19)13(3)11-14/h6-11,16,20H,5H2,1-4H3. The highest BCUT2D eigenvalue weighted by atomic mass is 79.9. The van der Waals surface area contributed by atoms with E-state index in [-0.39, 0.29) is 0 Å². The summed E-state index contributed by atoms with van der Waals surface area (Å²) >= 11 is 3.59. The van der Waals surface area contributed by atoms with Crippen LogP contribution in [0.4, 0.5) is 0 Å². The number of hydrogen-bond donors (Lipinski definition) is 1. The molecule has 2 aromatic carbocycles. The molecule has 0 fully saturated rings. The van der Waals surface area contributed by atoms with Gasteiger partial charge in [-0.2, -0.15) is 0 Å². The van der Waals surface area contributed by atoms with E-state index in [0.717, 1.165) is 22.4 Å². The molecule has 0 aliphatic rings. The van der Waals surface area contributed by atoms with Crippen molar-refractivity contribution in [2.24, 2.45) is 0 Å². The highest BCUT2D eigenvalue weighted by Gasteiger charge is 2.13. The fraction of sp³-hybridized carbons (Fsp3) is 0.333. The second-order valence-electron chi connectivity index (χ2n) is 5.26. The monoisotopic (exact) mass is 347 g/mol. The second kappa shape index (κ2) is 7.10. The number of halogens is 1. The van der Waals surface area contributed by atoms with Crippen molar-refractivity contribution >= 4 is 15.9 Å². The summed E-state index contributed by atoms with van der Waals surface area (Å²) in [6.07, 6.45) is 1.02. The molecule has 0 spiro atoms. The van der Waals surface area contributed by atoms with Gasteiger partial charge in [0.05, 0.1) is 0 Å². The number of rotatable bonds is 5. The third-order valence-corrected chi connectivity index (χ3v) is 4.94. The van der Waals surface area contributed by atoms with Crippen LogP contribution in [0.3, 0.4) is 0 Å². The molecule has 112 valence electrons. The second-order valence-corrected chi connectivity index (χ2v) is 6.05. The molecule has 0 aliphatic carbocycles. The molecule has 0 aromatic heterocycles. The van der Waals surface area contributed by atoms with Crippen molar-refractivity contribution in [2.45, 2.75) is 33.2 Å². The number of hydrogen-bond acceptors (Lipinski definition) is 2. The van der Waals surface area contributed by atoms with Crippen molar-refractivity contribution in [3.8, 4) is 11.5 Å². The first kappa shape index (κ1) is 16.1. The summed E-state index contributed by atoms with van der Waals surface area (Å²) in [5, 5.41) is 3.34. The quantitative estimate of drug-likeness (QED) is 0.767. The molecule has 1 atom stereocenters. The Kier molecular flexibility index (Phi) is 5.43. The third kappa shape index (κ3) is 3.66. The Hall–Kier alpha value is -1.32.